The number of anilines is 2. The molecule has 0 aliphatic heterocycles. The third kappa shape index (κ3) is 4.24. The summed E-state index contributed by atoms with van der Waals surface area (Å²) in [7, 11) is 1.04. The number of nitrogens with zero attached hydrogens (tertiary/aromatic N) is 2. The molecule has 0 aliphatic rings. The summed E-state index contributed by atoms with van der Waals surface area (Å²) in [6.45, 7) is 2.49. The van der Waals surface area contributed by atoms with Gasteiger partial charge < -0.3 is 10.6 Å². The summed E-state index contributed by atoms with van der Waals surface area (Å²) in [6, 6.07) is 1.82. The van der Waals surface area contributed by atoms with Crippen molar-refractivity contribution in [3.05, 3.63) is 11.9 Å². The van der Waals surface area contributed by atoms with Gasteiger partial charge in [0.1, 0.15) is 17.5 Å². The Balaban J connectivity index is 2.60. The lowest BCUT2D eigenvalue weighted by Gasteiger charge is -2.07. The number of rotatable bonds is 5. The van der Waals surface area contributed by atoms with Crippen molar-refractivity contribution in [2.24, 2.45) is 0 Å². The SMILES string of the molecule is CNc1cc(NCCS(C)=O)nc(C)n1. The van der Waals surface area contributed by atoms with E-state index in [1.54, 1.807) is 6.26 Å². The van der Waals surface area contributed by atoms with Crippen LogP contribution in [0.15, 0.2) is 6.07 Å². The Kier molecular flexibility index (Phi) is 4.48. The lowest BCUT2D eigenvalue weighted by atomic mass is 10.5. The van der Waals surface area contributed by atoms with E-state index in [0.29, 0.717) is 18.1 Å². The van der Waals surface area contributed by atoms with Gasteiger partial charge in [-0.15, -0.1) is 0 Å². The van der Waals surface area contributed by atoms with Gasteiger partial charge in [-0.25, -0.2) is 9.97 Å². The fourth-order valence-electron chi connectivity index (χ4n) is 1.11. The van der Waals surface area contributed by atoms with Crippen molar-refractivity contribution in [1.82, 2.24) is 9.97 Å². The zero-order chi connectivity index (χ0) is 11.3. The van der Waals surface area contributed by atoms with E-state index in [1.165, 1.54) is 0 Å². The maximum atomic E-state index is 10.9. The van der Waals surface area contributed by atoms with E-state index in [2.05, 4.69) is 20.6 Å². The van der Waals surface area contributed by atoms with Crippen LogP contribution < -0.4 is 10.6 Å². The molecule has 1 heterocycles. The van der Waals surface area contributed by atoms with Crippen LogP contribution >= 0.6 is 0 Å². The quantitative estimate of drug-likeness (QED) is 0.773. The van der Waals surface area contributed by atoms with Gasteiger partial charge in [-0.2, -0.15) is 0 Å². The Labute approximate surface area is 92.2 Å². The first-order valence-electron chi connectivity index (χ1n) is 4.69. The van der Waals surface area contributed by atoms with Crippen LogP contribution in [0.4, 0.5) is 11.6 Å². The van der Waals surface area contributed by atoms with Gasteiger partial charge in [-0.3, -0.25) is 4.21 Å². The second-order valence-corrected chi connectivity index (χ2v) is 4.69. The van der Waals surface area contributed by atoms with Crippen LogP contribution in [0.3, 0.4) is 0 Å². The highest BCUT2D eigenvalue weighted by Gasteiger charge is 2.00. The van der Waals surface area contributed by atoms with Gasteiger partial charge in [0.25, 0.3) is 0 Å². The maximum absolute atomic E-state index is 10.9. The minimum atomic E-state index is -0.773. The van der Waals surface area contributed by atoms with Gasteiger partial charge in [0.2, 0.25) is 0 Å². The molecule has 1 rings (SSSR count). The number of hydrogen-bond donors (Lipinski definition) is 2. The molecular formula is C9H16N4OS. The van der Waals surface area contributed by atoms with Gasteiger partial charge in [0.05, 0.1) is 0 Å². The molecule has 1 aromatic heterocycles. The maximum Gasteiger partial charge on any atom is 0.131 e. The Morgan fingerprint density at radius 3 is 2.67 bits per heavy atom. The largest absolute Gasteiger partial charge is 0.373 e. The molecule has 0 bridgehead atoms. The van der Waals surface area contributed by atoms with Crippen molar-refractivity contribution in [3.8, 4) is 0 Å². The normalized spacial score (nSPS) is 12.2. The van der Waals surface area contributed by atoms with Crippen molar-refractivity contribution in [2.45, 2.75) is 6.92 Å². The minimum absolute atomic E-state index is 0.623. The molecule has 6 heteroatoms. The van der Waals surface area contributed by atoms with E-state index in [4.69, 9.17) is 0 Å². The molecule has 5 nitrogen and oxygen atoms in total. The van der Waals surface area contributed by atoms with E-state index in [1.807, 2.05) is 20.0 Å². The average molecular weight is 228 g/mol. The average Bonchev–Trinajstić information content (AvgIpc) is 2.16. The molecule has 0 saturated carbocycles. The second-order valence-electron chi connectivity index (χ2n) is 3.14. The zero-order valence-electron chi connectivity index (χ0n) is 9.20. The van der Waals surface area contributed by atoms with E-state index in [0.717, 1.165) is 11.6 Å². The summed E-state index contributed by atoms with van der Waals surface area (Å²) in [5.41, 5.74) is 0. The van der Waals surface area contributed by atoms with Crippen LogP contribution in [0.1, 0.15) is 5.82 Å². The number of nitrogens with one attached hydrogen (secondary N) is 2. The van der Waals surface area contributed by atoms with Gasteiger partial charge >= 0.3 is 0 Å². The molecule has 15 heavy (non-hydrogen) atoms. The molecule has 0 aliphatic carbocycles. The van der Waals surface area contributed by atoms with Crippen molar-refractivity contribution in [3.63, 3.8) is 0 Å². The molecule has 1 aromatic rings. The molecule has 1 atom stereocenters. The Morgan fingerprint density at radius 2 is 2.07 bits per heavy atom. The highest BCUT2D eigenvalue weighted by atomic mass is 32.2. The number of aryl methyl sites for hydroxylation is 1. The van der Waals surface area contributed by atoms with E-state index in [-0.39, 0.29) is 0 Å². The molecule has 0 saturated heterocycles. The first-order valence-corrected chi connectivity index (χ1v) is 6.42. The van der Waals surface area contributed by atoms with Crippen LogP contribution in [-0.4, -0.2) is 39.8 Å². The van der Waals surface area contributed by atoms with Crippen LogP contribution in [-0.2, 0) is 10.8 Å². The van der Waals surface area contributed by atoms with Crippen LogP contribution in [0.2, 0.25) is 0 Å². The smallest absolute Gasteiger partial charge is 0.131 e. The van der Waals surface area contributed by atoms with Crippen LogP contribution in [0.25, 0.3) is 0 Å². The van der Waals surface area contributed by atoms with E-state index in [9.17, 15) is 4.21 Å². The molecule has 0 amide bonds. The van der Waals surface area contributed by atoms with E-state index >= 15 is 0 Å². The lowest BCUT2D eigenvalue weighted by Crippen LogP contribution is -2.11. The molecule has 84 valence electrons. The second kappa shape index (κ2) is 5.65. The fourth-order valence-corrected chi connectivity index (χ4v) is 1.50. The molecule has 1 unspecified atom stereocenters. The van der Waals surface area contributed by atoms with Crippen molar-refractivity contribution in [1.29, 1.82) is 0 Å². The predicted octanol–water partition coefficient (Wildman–Crippen LogP) is 0.617. The molecule has 0 radical (unpaired) electrons. The summed E-state index contributed by atoms with van der Waals surface area (Å²) >= 11 is 0. The standard InChI is InChI=1S/C9H16N4OS/c1-7-12-8(10-2)6-9(13-7)11-4-5-15(3)14/h6H,4-5H2,1-3H3,(H2,10,11,12,13). The summed E-state index contributed by atoms with van der Waals surface area (Å²) in [6.07, 6.45) is 1.69. The minimum Gasteiger partial charge on any atom is -0.373 e. The third-order valence-corrected chi connectivity index (χ3v) is 2.57. The highest BCUT2D eigenvalue weighted by Crippen LogP contribution is 2.09. The summed E-state index contributed by atoms with van der Waals surface area (Å²) in [5.74, 6) is 2.87. The predicted molar refractivity (Wildman–Crippen MR) is 63.7 cm³/mol. The first kappa shape index (κ1) is 11.9. The van der Waals surface area contributed by atoms with Crippen molar-refractivity contribution in [2.75, 3.05) is 36.2 Å². The van der Waals surface area contributed by atoms with Crippen molar-refractivity contribution < 1.29 is 4.21 Å². The summed E-state index contributed by atoms with van der Waals surface area (Å²) in [5, 5.41) is 6.06. The molecular weight excluding hydrogens is 212 g/mol. The lowest BCUT2D eigenvalue weighted by molar-refractivity contribution is 0.687. The third-order valence-electron chi connectivity index (χ3n) is 1.79. The molecule has 2 N–H and O–H groups in total. The van der Waals surface area contributed by atoms with Crippen molar-refractivity contribution >= 4 is 22.4 Å². The van der Waals surface area contributed by atoms with E-state index < -0.39 is 10.8 Å². The molecule has 0 fully saturated rings. The highest BCUT2D eigenvalue weighted by molar-refractivity contribution is 7.84. The Bertz CT molecular complexity index is 356. The zero-order valence-corrected chi connectivity index (χ0v) is 10.0. The van der Waals surface area contributed by atoms with Crippen LogP contribution in [0, 0.1) is 6.92 Å². The molecule has 0 spiro atoms. The van der Waals surface area contributed by atoms with Gasteiger partial charge in [0, 0.05) is 42.5 Å². The van der Waals surface area contributed by atoms with Gasteiger partial charge in [0.15, 0.2) is 0 Å². The summed E-state index contributed by atoms with van der Waals surface area (Å²) < 4.78 is 10.9. The monoisotopic (exact) mass is 228 g/mol. The Morgan fingerprint density at radius 1 is 1.40 bits per heavy atom. The van der Waals surface area contributed by atoms with Gasteiger partial charge in [-0.1, -0.05) is 0 Å². The topological polar surface area (TPSA) is 66.9 Å². The van der Waals surface area contributed by atoms with Crippen LogP contribution in [0.5, 0.6) is 0 Å². The fraction of sp³-hybridized carbons (Fsp3) is 0.556. The van der Waals surface area contributed by atoms with Gasteiger partial charge in [-0.05, 0) is 6.92 Å². The Hall–Kier alpha value is -1.17. The number of aromatic nitrogens is 2. The summed E-state index contributed by atoms with van der Waals surface area (Å²) in [4.78, 5) is 8.39. The molecule has 0 aromatic carbocycles. The number of hydrogen-bond acceptors (Lipinski definition) is 5. The first-order chi connectivity index (χ1) is 7.11.